The monoisotopic (exact) mass is 282 g/mol. The van der Waals surface area contributed by atoms with Gasteiger partial charge in [-0.15, -0.1) is 0 Å². The predicted octanol–water partition coefficient (Wildman–Crippen LogP) is 3.53. The quantitative estimate of drug-likeness (QED) is 0.520. The molecule has 0 heterocycles. The van der Waals surface area contributed by atoms with Crippen LogP contribution >= 0.6 is 0 Å². The average molecular weight is 282 g/mol. The highest BCUT2D eigenvalue weighted by molar-refractivity contribution is 5.67. The Morgan fingerprint density at radius 2 is 1.35 bits per heavy atom. The third kappa shape index (κ3) is 4.60. The average Bonchev–Trinajstić information content (AvgIpc) is 2.19. The summed E-state index contributed by atoms with van der Waals surface area (Å²) < 4.78 is 11.3. The van der Waals surface area contributed by atoms with E-state index in [9.17, 15) is 10.1 Å². The highest BCUT2D eigenvalue weighted by Gasteiger charge is 2.23. The van der Waals surface area contributed by atoms with Crippen LogP contribution in [0.5, 0.6) is 11.5 Å². The first kappa shape index (κ1) is 16.1. The van der Waals surface area contributed by atoms with Crippen LogP contribution in [0.1, 0.15) is 41.5 Å². The Kier molecular flexibility index (Phi) is 4.17. The van der Waals surface area contributed by atoms with Crippen LogP contribution < -0.4 is 15.2 Å². The maximum atomic E-state index is 11.0. The van der Waals surface area contributed by atoms with E-state index in [1.807, 2.05) is 41.5 Å². The van der Waals surface area contributed by atoms with Crippen molar-refractivity contribution in [2.45, 2.75) is 52.7 Å². The number of benzene rings is 1. The zero-order valence-corrected chi connectivity index (χ0v) is 12.8. The third-order valence-electron chi connectivity index (χ3n) is 2.13. The summed E-state index contributed by atoms with van der Waals surface area (Å²) in [5.74, 6) is 0.511. The maximum absolute atomic E-state index is 11.0. The Hall–Kier alpha value is -1.98. The summed E-state index contributed by atoms with van der Waals surface area (Å²) in [4.78, 5) is 10.5. The van der Waals surface area contributed by atoms with Gasteiger partial charge in [0.2, 0.25) is 0 Å². The molecule has 0 saturated heterocycles. The first-order valence-corrected chi connectivity index (χ1v) is 6.35. The highest BCUT2D eigenvalue weighted by Crippen LogP contribution is 2.39. The molecule has 0 unspecified atom stereocenters. The van der Waals surface area contributed by atoms with E-state index in [4.69, 9.17) is 15.2 Å². The van der Waals surface area contributed by atoms with Gasteiger partial charge in [0.25, 0.3) is 5.69 Å². The minimum Gasteiger partial charge on any atom is -0.486 e. The fourth-order valence-electron chi connectivity index (χ4n) is 1.52. The molecule has 1 aromatic rings. The van der Waals surface area contributed by atoms with Crippen molar-refractivity contribution in [2.24, 2.45) is 0 Å². The molecule has 0 aliphatic carbocycles. The molecule has 2 N–H and O–H groups in total. The lowest BCUT2D eigenvalue weighted by atomic mass is 10.1. The molecule has 1 aromatic carbocycles. The van der Waals surface area contributed by atoms with E-state index in [0.717, 1.165) is 0 Å². The molecule has 0 aliphatic heterocycles. The molecule has 0 radical (unpaired) electrons. The number of nitrogens with two attached hydrogens (primary N) is 1. The number of non-ortho nitro benzene ring substituents is 1. The minimum atomic E-state index is -0.512. The SMILES string of the molecule is CC(C)(C)Oc1cc([N+](=O)[O-])cc(OC(C)(C)C)c1N. The molecule has 0 amide bonds. The van der Waals surface area contributed by atoms with E-state index < -0.39 is 16.1 Å². The number of anilines is 1. The van der Waals surface area contributed by atoms with E-state index >= 15 is 0 Å². The Balaban J connectivity index is 3.33. The van der Waals surface area contributed by atoms with Crippen molar-refractivity contribution in [2.75, 3.05) is 5.73 Å². The fraction of sp³-hybridized carbons (Fsp3) is 0.571. The van der Waals surface area contributed by atoms with Crippen molar-refractivity contribution in [1.82, 2.24) is 0 Å². The first-order valence-electron chi connectivity index (χ1n) is 6.35. The van der Waals surface area contributed by atoms with Gasteiger partial charge < -0.3 is 15.2 Å². The number of hydrogen-bond acceptors (Lipinski definition) is 5. The largest absolute Gasteiger partial charge is 0.486 e. The maximum Gasteiger partial charge on any atom is 0.277 e. The van der Waals surface area contributed by atoms with Crippen molar-refractivity contribution in [3.63, 3.8) is 0 Å². The summed E-state index contributed by atoms with van der Waals surface area (Å²) >= 11 is 0. The standard InChI is InChI=1S/C14H22N2O4/c1-13(2,3)19-10-7-9(16(17)18)8-11(12(10)15)20-14(4,5)6/h7-8H,15H2,1-6H3. The number of nitro groups is 1. The summed E-state index contributed by atoms with van der Waals surface area (Å²) in [5.41, 5.74) is 5.12. The lowest BCUT2D eigenvalue weighted by Gasteiger charge is -2.26. The number of ether oxygens (including phenoxy) is 2. The Morgan fingerprint density at radius 1 is 1.00 bits per heavy atom. The normalized spacial score (nSPS) is 12.1. The topological polar surface area (TPSA) is 87.6 Å². The van der Waals surface area contributed by atoms with Gasteiger partial charge in [-0.1, -0.05) is 0 Å². The summed E-state index contributed by atoms with van der Waals surface area (Å²) in [6, 6.07) is 2.63. The highest BCUT2D eigenvalue weighted by atomic mass is 16.6. The Bertz CT molecular complexity index is 476. The second-order valence-corrected chi connectivity index (χ2v) is 6.54. The van der Waals surface area contributed by atoms with Crippen molar-refractivity contribution >= 4 is 11.4 Å². The van der Waals surface area contributed by atoms with Crippen molar-refractivity contribution in [3.05, 3.63) is 22.2 Å². The molecule has 0 spiro atoms. The van der Waals surface area contributed by atoms with Crippen molar-refractivity contribution in [3.8, 4) is 11.5 Å². The predicted molar refractivity (Wildman–Crippen MR) is 78.3 cm³/mol. The zero-order chi connectivity index (χ0) is 15.7. The van der Waals surface area contributed by atoms with E-state index in [2.05, 4.69) is 0 Å². The van der Waals surface area contributed by atoms with Crippen LogP contribution in [-0.4, -0.2) is 16.1 Å². The molecule has 112 valence electrons. The molecule has 0 aromatic heterocycles. The Morgan fingerprint density at radius 3 is 1.60 bits per heavy atom. The van der Waals surface area contributed by atoms with Crippen LogP contribution in [0.15, 0.2) is 12.1 Å². The van der Waals surface area contributed by atoms with Gasteiger partial charge in [0.05, 0.1) is 17.1 Å². The second kappa shape index (κ2) is 5.19. The summed E-state index contributed by atoms with van der Waals surface area (Å²) in [7, 11) is 0. The molecule has 0 atom stereocenters. The molecule has 0 fully saturated rings. The summed E-state index contributed by atoms with van der Waals surface area (Å²) in [5, 5.41) is 11.0. The van der Waals surface area contributed by atoms with Gasteiger partial charge in [0.15, 0.2) is 11.5 Å². The fourth-order valence-corrected chi connectivity index (χ4v) is 1.52. The molecule has 1 rings (SSSR count). The van der Waals surface area contributed by atoms with Crippen LogP contribution in [0.2, 0.25) is 0 Å². The van der Waals surface area contributed by atoms with Crippen LogP contribution in [0.4, 0.5) is 11.4 Å². The van der Waals surface area contributed by atoms with E-state index in [-0.39, 0.29) is 22.9 Å². The first-order chi connectivity index (χ1) is 8.89. The van der Waals surface area contributed by atoms with E-state index in [1.54, 1.807) is 0 Å². The zero-order valence-electron chi connectivity index (χ0n) is 12.8. The molecule has 6 heteroatoms. The van der Waals surface area contributed by atoms with E-state index in [1.165, 1.54) is 12.1 Å². The molecule has 0 bridgehead atoms. The second-order valence-electron chi connectivity index (χ2n) is 6.54. The number of nitrogen functional groups attached to an aromatic ring is 1. The lowest BCUT2D eigenvalue weighted by molar-refractivity contribution is -0.385. The van der Waals surface area contributed by atoms with Gasteiger partial charge >= 0.3 is 0 Å². The van der Waals surface area contributed by atoms with Crippen LogP contribution in [0, 0.1) is 10.1 Å². The molecular weight excluding hydrogens is 260 g/mol. The van der Waals surface area contributed by atoms with Gasteiger partial charge in [0.1, 0.15) is 16.9 Å². The van der Waals surface area contributed by atoms with Gasteiger partial charge in [-0.3, -0.25) is 10.1 Å². The molecular formula is C14H22N2O4. The molecule has 6 nitrogen and oxygen atoms in total. The van der Waals surface area contributed by atoms with Crippen molar-refractivity contribution < 1.29 is 14.4 Å². The molecule has 0 saturated carbocycles. The van der Waals surface area contributed by atoms with Crippen LogP contribution in [0.25, 0.3) is 0 Å². The van der Waals surface area contributed by atoms with Gasteiger partial charge in [0, 0.05) is 0 Å². The van der Waals surface area contributed by atoms with Crippen LogP contribution in [0.3, 0.4) is 0 Å². The Labute approximate surface area is 119 Å². The minimum absolute atomic E-state index is 0.113. The smallest absolute Gasteiger partial charge is 0.277 e. The van der Waals surface area contributed by atoms with Crippen molar-refractivity contribution in [1.29, 1.82) is 0 Å². The molecule has 0 aliphatic rings. The number of hydrogen-bond donors (Lipinski definition) is 1. The lowest BCUT2D eigenvalue weighted by Crippen LogP contribution is -2.25. The van der Waals surface area contributed by atoms with Gasteiger partial charge in [-0.2, -0.15) is 0 Å². The number of nitrogens with zero attached hydrogens (tertiary/aromatic N) is 1. The summed E-state index contributed by atoms with van der Waals surface area (Å²) in [6.07, 6.45) is 0. The summed E-state index contributed by atoms with van der Waals surface area (Å²) in [6.45, 7) is 11.1. The van der Waals surface area contributed by atoms with E-state index in [0.29, 0.717) is 0 Å². The van der Waals surface area contributed by atoms with Gasteiger partial charge in [-0.25, -0.2) is 0 Å². The number of rotatable bonds is 3. The van der Waals surface area contributed by atoms with Crippen LogP contribution in [-0.2, 0) is 0 Å². The molecule has 20 heavy (non-hydrogen) atoms. The third-order valence-corrected chi connectivity index (χ3v) is 2.13. The number of nitro benzene ring substituents is 1. The van der Waals surface area contributed by atoms with Gasteiger partial charge in [-0.05, 0) is 41.5 Å².